The van der Waals surface area contributed by atoms with Crippen molar-refractivity contribution in [1.82, 2.24) is 0 Å². The van der Waals surface area contributed by atoms with E-state index >= 15 is 0 Å². The van der Waals surface area contributed by atoms with Crippen molar-refractivity contribution in [2.24, 2.45) is 0 Å². The summed E-state index contributed by atoms with van der Waals surface area (Å²) in [4.78, 5) is 36.4. The molecule has 0 aliphatic rings. The summed E-state index contributed by atoms with van der Waals surface area (Å²) >= 11 is 0. The van der Waals surface area contributed by atoms with E-state index in [0.717, 1.165) is 5.56 Å². The molecule has 3 aromatic carbocycles. The summed E-state index contributed by atoms with van der Waals surface area (Å²) in [5.74, 6) is -0.0997. The number of carbonyl (C=O) groups is 3. The Balaban J connectivity index is 1.65. The number of ether oxygens (including phenoxy) is 2. The second-order valence-electron chi connectivity index (χ2n) is 7.01. The Morgan fingerprint density at radius 2 is 1.53 bits per heavy atom. The van der Waals surface area contributed by atoms with E-state index in [9.17, 15) is 14.4 Å². The number of benzene rings is 3. The molecule has 0 unspecified atom stereocenters. The predicted molar refractivity (Wildman–Crippen MR) is 122 cm³/mol. The van der Waals surface area contributed by atoms with Gasteiger partial charge in [-0.2, -0.15) is 0 Å². The highest BCUT2D eigenvalue weighted by Crippen LogP contribution is 2.24. The number of esters is 1. The highest BCUT2D eigenvalue weighted by atomic mass is 16.5. The number of rotatable bonds is 8. The molecular formula is C25H24N2O5. The average Bonchev–Trinajstić information content (AvgIpc) is 2.80. The van der Waals surface area contributed by atoms with E-state index in [1.807, 2.05) is 31.2 Å². The molecule has 7 nitrogen and oxygen atoms in total. The van der Waals surface area contributed by atoms with Gasteiger partial charge in [-0.25, -0.2) is 0 Å². The van der Waals surface area contributed by atoms with E-state index in [0.29, 0.717) is 28.4 Å². The maximum absolute atomic E-state index is 12.7. The molecule has 0 saturated heterocycles. The number of hydrogen-bond donors (Lipinski definition) is 2. The second kappa shape index (κ2) is 10.8. The Bertz CT molecular complexity index is 1100. The minimum atomic E-state index is -0.361. The Morgan fingerprint density at radius 3 is 2.22 bits per heavy atom. The lowest BCUT2D eigenvalue weighted by molar-refractivity contribution is -0.134. The zero-order chi connectivity index (χ0) is 22.9. The molecule has 2 amide bonds. The van der Waals surface area contributed by atoms with Crippen LogP contribution in [-0.4, -0.2) is 24.4 Å². The molecule has 7 heteroatoms. The number of amides is 2. The van der Waals surface area contributed by atoms with Gasteiger partial charge in [0.05, 0.1) is 11.4 Å². The summed E-state index contributed by atoms with van der Waals surface area (Å²) in [6, 6.07) is 20.6. The molecule has 0 aliphatic heterocycles. The first-order valence-corrected chi connectivity index (χ1v) is 10.1. The van der Waals surface area contributed by atoms with Crippen LogP contribution in [0.5, 0.6) is 11.5 Å². The van der Waals surface area contributed by atoms with E-state index < -0.39 is 0 Å². The van der Waals surface area contributed by atoms with Crippen LogP contribution in [0.4, 0.5) is 11.4 Å². The number of hydrogen-bond acceptors (Lipinski definition) is 5. The zero-order valence-electron chi connectivity index (χ0n) is 17.9. The third-order valence-corrected chi connectivity index (χ3v) is 4.45. The fourth-order valence-electron chi connectivity index (χ4n) is 2.79. The molecule has 2 N–H and O–H groups in total. The maximum Gasteiger partial charge on any atom is 0.310 e. The molecule has 0 saturated carbocycles. The summed E-state index contributed by atoms with van der Waals surface area (Å²) in [6.07, 6.45) is 0.264. The molecule has 3 aromatic rings. The van der Waals surface area contributed by atoms with Crippen molar-refractivity contribution >= 4 is 29.2 Å². The summed E-state index contributed by atoms with van der Waals surface area (Å²) in [5, 5.41) is 5.58. The smallest absolute Gasteiger partial charge is 0.310 e. The van der Waals surface area contributed by atoms with Crippen LogP contribution >= 0.6 is 0 Å². The number of nitrogens with one attached hydrogen (secondary N) is 2. The van der Waals surface area contributed by atoms with Crippen molar-refractivity contribution in [3.63, 3.8) is 0 Å². The molecule has 0 radical (unpaired) electrons. The quantitative estimate of drug-likeness (QED) is 0.401. The summed E-state index contributed by atoms with van der Waals surface area (Å²) in [7, 11) is 0. The summed E-state index contributed by atoms with van der Waals surface area (Å²) in [5.41, 5.74) is 2.22. The molecular weight excluding hydrogens is 408 g/mol. The molecule has 32 heavy (non-hydrogen) atoms. The van der Waals surface area contributed by atoms with Crippen LogP contribution in [0.15, 0.2) is 72.8 Å². The van der Waals surface area contributed by atoms with Crippen molar-refractivity contribution in [1.29, 1.82) is 0 Å². The van der Waals surface area contributed by atoms with E-state index in [4.69, 9.17) is 9.47 Å². The molecule has 0 aliphatic carbocycles. The standard InChI is InChI=1S/C25H24N2O5/c1-3-24(29)32-20-12-10-18(11-13-20)25(30)27-22-15-17(2)9-14-21(22)26-23(28)16-31-19-7-5-4-6-8-19/h4-15H,3,16H2,1-2H3,(H,26,28)(H,27,30). The van der Waals surface area contributed by atoms with Crippen molar-refractivity contribution < 1.29 is 23.9 Å². The Labute approximate surface area is 186 Å². The van der Waals surface area contributed by atoms with Crippen molar-refractivity contribution in [3.05, 3.63) is 83.9 Å². The number of anilines is 2. The first-order chi connectivity index (χ1) is 15.4. The van der Waals surface area contributed by atoms with Gasteiger partial charge in [0.25, 0.3) is 11.8 Å². The van der Waals surface area contributed by atoms with Gasteiger partial charge in [0.15, 0.2) is 6.61 Å². The van der Waals surface area contributed by atoms with Crippen LogP contribution in [0.3, 0.4) is 0 Å². The monoisotopic (exact) mass is 432 g/mol. The Kier molecular flexibility index (Phi) is 7.59. The summed E-state index contributed by atoms with van der Waals surface area (Å²) < 4.78 is 10.6. The third-order valence-electron chi connectivity index (χ3n) is 4.45. The van der Waals surface area contributed by atoms with Crippen LogP contribution in [0.2, 0.25) is 0 Å². The molecule has 3 rings (SSSR count). The van der Waals surface area contributed by atoms with Crippen molar-refractivity contribution in [2.45, 2.75) is 20.3 Å². The minimum Gasteiger partial charge on any atom is -0.484 e. The van der Waals surface area contributed by atoms with E-state index in [2.05, 4.69) is 10.6 Å². The first-order valence-electron chi connectivity index (χ1n) is 10.1. The van der Waals surface area contributed by atoms with E-state index in [1.54, 1.807) is 55.5 Å². The molecule has 0 bridgehead atoms. The van der Waals surface area contributed by atoms with Gasteiger partial charge in [0.1, 0.15) is 11.5 Å². The van der Waals surface area contributed by atoms with Crippen molar-refractivity contribution in [2.75, 3.05) is 17.2 Å². The van der Waals surface area contributed by atoms with Crippen LogP contribution < -0.4 is 20.1 Å². The van der Waals surface area contributed by atoms with Crippen molar-refractivity contribution in [3.8, 4) is 11.5 Å². The van der Waals surface area contributed by atoms with Crippen LogP contribution in [-0.2, 0) is 9.59 Å². The Hall–Kier alpha value is -4.13. The van der Waals surface area contributed by atoms with Gasteiger partial charge in [0.2, 0.25) is 0 Å². The van der Waals surface area contributed by atoms with Gasteiger partial charge < -0.3 is 20.1 Å². The fourth-order valence-corrected chi connectivity index (χ4v) is 2.79. The van der Waals surface area contributed by atoms with Gasteiger partial charge in [-0.05, 0) is 61.0 Å². The highest BCUT2D eigenvalue weighted by Gasteiger charge is 2.13. The lowest BCUT2D eigenvalue weighted by Gasteiger charge is -2.14. The predicted octanol–water partition coefficient (Wildman–Crippen LogP) is 4.58. The van der Waals surface area contributed by atoms with Gasteiger partial charge in [-0.15, -0.1) is 0 Å². The molecule has 0 atom stereocenters. The van der Waals surface area contributed by atoms with Gasteiger partial charge >= 0.3 is 5.97 Å². The number of aryl methyl sites for hydroxylation is 1. The highest BCUT2D eigenvalue weighted by molar-refractivity contribution is 6.07. The third kappa shape index (κ3) is 6.43. The van der Waals surface area contributed by atoms with Crippen LogP contribution in [0.25, 0.3) is 0 Å². The van der Waals surface area contributed by atoms with Crippen LogP contribution in [0.1, 0.15) is 29.3 Å². The Morgan fingerprint density at radius 1 is 0.812 bits per heavy atom. The SMILES string of the molecule is CCC(=O)Oc1ccc(C(=O)Nc2cc(C)ccc2NC(=O)COc2ccccc2)cc1. The average molecular weight is 432 g/mol. The fraction of sp³-hybridized carbons (Fsp3) is 0.160. The van der Waals surface area contributed by atoms with Gasteiger partial charge in [0, 0.05) is 12.0 Å². The molecule has 0 aromatic heterocycles. The lowest BCUT2D eigenvalue weighted by atomic mass is 10.1. The molecule has 0 spiro atoms. The lowest BCUT2D eigenvalue weighted by Crippen LogP contribution is -2.22. The second-order valence-corrected chi connectivity index (χ2v) is 7.01. The van der Waals surface area contributed by atoms with Gasteiger partial charge in [-0.3, -0.25) is 14.4 Å². The maximum atomic E-state index is 12.7. The molecule has 0 fully saturated rings. The number of carbonyl (C=O) groups excluding carboxylic acids is 3. The molecule has 164 valence electrons. The van der Waals surface area contributed by atoms with E-state index in [1.165, 1.54) is 0 Å². The largest absolute Gasteiger partial charge is 0.484 e. The minimum absolute atomic E-state index is 0.163. The normalized spacial score (nSPS) is 10.2. The molecule has 0 heterocycles. The summed E-state index contributed by atoms with van der Waals surface area (Å²) in [6.45, 7) is 3.43. The van der Waals surface area contributed by atoms with Gasteiger partial charge in [-0.1, -0.05) is 31.2 Å². The number of para-hydroxylation sites is 1. The first kappa shape index (κ1) is 22.6. The topological polar surface area (TPSA) is 93.7 Å². The van der Waals surface area contributed by atoms with Crippen LogP contribution in [0, 0.1) is 6.92 Å². The van der Waals surface area contributed by atoms with E-state index in [-0.39, 0.29) is 30.8 Å². The zero-order valence-corrected chi connectivity index (χ0v) is 17.9.